The molecule has 134 valence electrons. The van der Waals surface area contributed by atoms with Crippen molar-refractivity contribution in [1.29, 1.82) is 0 Å². The van der Waals surface area contributed by atoms with Crippen molar-refractivity contribution < 1.29 is 9.53 Å². The molecule has 2 aromatic carbocycles. The predicted octanol–water partition coefficient (Wildman–Crippen LogP) is 3.99. The quantitative estimate of drug-likeness (QED) is 0.656. The summed E-state index contributed by atoms with van der Waals surface area (Å²) in [5, 5.41) is 4.18. The normalized spacial score (nSPS) is 11.2. The van der Waals surface area contributed by atoms with Gasteiger partial charge in [-0.1, -0.05) is 42.5 Å². The molecule has 0 aliphatic heterocycles. The highest BCUT2D eigenvalue weighted by Crippen LogP contribution is 2.21. The Morgan fingerprint density at radius 3 is 2.73 bits per heavy atom. The molecule has 0 fully saturated rings. The summed E-state index contributed by atoms with van der Waals surface area (Å²) in [4.78, 5) is 12.0. The molecule has 0 aliphatic rings. The van der Waals surface area contributed by atoms with E-state index in [-0.39, 0.29) is 5.91 Å². The first kappa shape index (κ1) is 17.8. The highest BCUT2D eigenvalue weighted by Gasteiger charge is 2.05. The Kier molecular flexibility index (Phi) is 5.74. The zero-order valence-corrected chi connectivity index (χ0v) is 15.2. The number of aromatic nitrogens is 1. The van der Waals surface area contributed by atoms with Crippen LogP contribution in [0, 0.1) is 0 Å². The van der Waals surface area contributed by atoms with Crippen molar-refractivity contribution in [3.63, 3.8) is 0 Å². The molecule has 0 bridgehead atoms. The Labute approximate surface area is 154 Å². The van der Waals surface area contributed by atoms with E-state index in [1.54, 1.807) is 13.2 Å². The Hall–Kier alpha value is -3.01. The average Bonchev–Trinajstić information content (AvgIpc) is 3.00. The van der Waals surface area contributed by atoms with Crippen LogP contribution in [0.4, 0.5) is 0 Å². The lowest BCUT2D eigenvalue weighted by Gasteiger charge is -2.08. The van der Waals surface area contributed by atoms with Gasteiger partial charge >= 0.3 is 0 Å². The topological polar surface area (TPSA) is 43.3 Å². The second-order valence-corrected chi connectivity index (χ2v) is 6.25. The summed E-state index contributed by atoms with van der Waals surface area (Å²) in [5.74, 6) is 0.696. The molecule has 0 saturated heterocycles. The maximum Gasteiger partial charge on any atom is 0.243 e. The van der Waals surface area contributed by atoms with E-state index in [2.05, 4.69) is 47.4 Å². The van der Waals surface area contributed by atoms with E-state index < -0.39 is 0 Å². The number of rotatable bonds is 7. The monoisotopic (exact) mass is 348 g/mol. The third-order valence-corrected chi connectivity index (χ3v) is 4.47. The van der Waals surface area contributed by atoms with E-state index in [9.17, 15) is 4.79 Å². The minimum absolute atomic E-state index is 0.0891. The number of benzene rings is 2. The summed E-state index contributed by atoms with van der Waals surface area (Å²) in [5.41, 5.74) is 3.51. The highest BCUT2D eigenvalue weighted by molar-refractivity contribution is 5.87. The van der Waals surface area contributed by atoms with Crippen LogP contribution in [-0.4, -0.2) is 17.6 Å². The van der Waals surface area contributed by atoms with Gasteiger partial charge in [0.1, 0.15) is 5.75 Å². The minimum Gasteiger partial charge on any atom is -0.496 e. The Bertz CT molecular complexity index is 925. The maximum atomic E-state index is 12.0. The van der Waals surface area contributed by atoms with Crippen molar-refractivity contribution >= 4 is 16.8 Å². The molecule has 4 nitrogen and oxygen atoms in total. The van der Waals surface area contributed by atoms with Gasteiger partial charge in [-0.15, -0.1) is 0 Å². The smallest absolute Gasteiger partial charge is 0.243 e. The zero-order chi connectivity index (χ0) is 18.4. The Morgan fingerprint density at radius 1 is 1.12 bits per heavy atom. The molecule has 0 aliphatic carbocycles. The average molecular weight is 348 g/mol. The van der Waals surface area contributed by atoms with E-state index in [4.69, 9.17) is 4.74 Å². The van der Waals surface area contributed by atoms with Gasteiger partial charge < -0.3 is 14.6 Å². The zero-order valence-electron chi connectivity index (χ0n) is 15.2. The molecular formula is C22H24N2O2. The number of hydrogen-bond donors (Lipinski definition) is 1. The number of para-hydroxylation sites is 2. The van der Waals surface area contributed by atoms with Crippen LogP contribution < -0.4 is 10.1 Å². The number of amides is 1. The second-order valence-electron chi connectivity index (χ2n) is 6.25. The predicted molar refractivity (Wildman–Crippen MR) is 105 cm³/mol. The van der Waals surface area contributed by atoms with Crippen LogP contribution in [0.1, 0.15) is 17.5 Å². The van der Waals surface area contributed by atoms with E-state index in [0.29, 0.717) is 6.54 Å². The van der Waals surface area contributed by atoms with Crippen molar-refractivity contribution in [2.45, 2.75) is 19.4 Å². The summed E-state index contributed by atoms with van der Waals surface area (Å²) < 4.78 is 7.44. The number of allylic oxidation sites excluding steroid dienone is 1. The van der Waals surface area contributed by atoms with E-state index in [1.165, 1.54) is 16.5 Å². The van der Waals surface area contributed by atoms with Crippen LogP contribution in [0.5, 0.6) is 5.75 Å². The number of fused-ring (bicyclic) bond motifs is 1. The molecular weight excluding hydrogens is 324 g/mol. The third-order valence-electron chi connectivity index (χ3n) is 4.47. The fraction of sp³-hybridized carbons (Fsp3) is 0.227. The van der Waals surface area contributed by atoms with Crippen molar-refractivity contribution in [3.05, 3.63) is 78.0 Å². The summed E-state index contributed by atoms with van der Waals surface area (Å²) >= 11 is 0. The van der Waals surface area contributed by atoms with Gasteiger partial charge in [0, 0.05) is 36.3 Å². The van der Waals surface area contributed by atoms with Gasteiger partial charge in [-0.25, -0.2) is 0 Å². The highest BCUT2D eigenvalue weighted by atomic mass is 16.5. The molecule has 0 radical (unpaired) electrons. The van der Waals surface area contributed by atoms with Gasteiger partial charge in [0.25, 0.3) is 0 Å². The number of nitrogens with zero attached hydrogens (tertiary/aromatic N) is 1. The van der Waals surface area contributed by atoms with Crippen LogP contribution in [-0.2, 0) is 24.8 Å². The number of ether oxygens (including phenoxy) is 1. The molecule has 3 aromatic rings. The third kappa shape index (κ3) is 4.14. The fourth-order valence-corrected chi connectivity index (χ4v) is 3.14. The molecule has 0 saturated carbocycles. The molecule has 1 aromatic heterocycles. The van der Waals surface area contributed by atoms with Gasteiger partial charge in [0.15, 0.2) is 0 Å². The molecule has 4 heteroatoms. The van der Waals surface area contributed by atoms with Gasteiger partial charge in [-0.3, -0.25) is 4.79 Å². The molecule has 0 unspecified atom stereocenters. The number of aryl methyl sites for hydroxylation is 2. The molecule has 0 atom stereocenters. The summed E-state index contributed by atoms with van der Waals surface area (Å²) in [6.07, 6.45) is 7.45. The van der Waals surface area contributed by atoms with Crippen molar-refractivity contribution in [2.75, 3.05) is 7.11 Å². The maximum absolute atomic E-state index is 12.0. The fourth-order valence-electron chi connectivity index (χ4n) is 3.14. The SMILES string of the molecule is COc1ccccc1CNC(=O)C=CCCc1cn(C)c2ccccc12. The van der Waals surface area contributed by atoms with E-state index in [1.807, 2.05) is 30.3 Å². The molecule has 1 amide bonds. The molecule has 3 rings (SSSR count). The van der Waals surface area contributed by atoms with Crippen LogP contribution in [0.2, 0.25) is 0 Å². The molecule has 0 spiro atoms. The van der Waals surface area contributed by atoms with Crippen molar-refractivity contribution in [2.24, 2.45) is 7.05 Å². The standard InChI is InChI=1S/C22H24N2O2/c1-24-16-18(19-11-5-6-12-20(19)24)10-4-8-14-22(25)23-15-17-9-3-7-13-21(17)26-2/h3,5-9,11-14,16H,4,10,15H2,1-2H3,(H,23,25). The lowest BCUT2D eigenvalue weighted by molar-refractivity contribution is -0.116. The number of nitrogens with one attached hydrogen (secondary N) is 1. The number of carbonyl (C=O) groups excluding carboxylic acids is 1. The Morgan fingerprint density at radius 2 is 1.88 bits per heavy atom. The van der Waals surface area contributed by atoms with Gasteiger partial charge in [-0.05, 0) is 36.6 Å². The summed E-state index contributed by atoms with van der Waals surface area (Å²) in [6, 6.07) is 16.1. The first-order chi connectivity index (χ1) is 12.7. The van der Waals surface area contributed by atoms with Gasteiger partial charge in [0.05, 0.1) is 7.11 Å². The number of carbonyl (C=O) groups is 1. The van der Waals surface area contributed by atoms with Crippen molar-refractivity contribution in [3.8, 4) is 5.75 Å². The summed E-state index contributed by atoms with van der Waals surface area (Å²) in [6.45, 7) is 0.455. The van der Waals surface area contributed by atoms with Gasteiger partial charge in [-0.2, -0.15) is 0 Å². The molecule has 1 heterocycles. The van der Waals surface area contributed by atoms with Gasteiger partial charge in [0.2, 0.25) is 5.91 Å². The number of hydrogen-bond acceptors (Lipinski definition) is 2. The van der Waals surface area contributed by atoms with Crippen LogP contribution in [0.15, 0.2) is 66.9 Å². The van der Waals surface area contributed by atoms with Crippen LogP contribution >= 0.6 is 0 Å². The minimum atomic E-state index is -0.0891. The van der Waals surface area contributed by atoms with Crippen molar-refractivity contribution in [1.82, 2.24) is 9.88 Å². The first-order valence-corrected chi connectivity index (χ1v) is 8.78. The second kappa shape index (κ2) is 8.39. The lowest BCUT2D eigenvalue weighted by Crippen LogP contribution is -2.20. The van der Waals surface area contributed by atoms with Crippen LogP contribution in [0.25, 0.3) is 10.9 Å². The largest absolute Gasteiger partial charge is 0.496 e. The van der Waals surface area contributed by atoms with E-state index >= 15 is 0 Å². The number of methoxy groups -OCH3 is 1. The molecule has 26 heavy (non-hydrogen) atoms. The van der Waals surface area contributed by atoms with E-state index in [0.717, 1.165) is 24.2 Å². The molecule has 1 N–H and O–H groups in total. The summed E-state index contributed by atoms with van der Waals surface area (Å²) in [7, 11) is 3.70. The van der Waals surface area contributed by atoms with Crippen LogP contribution in [0.3, 0.4) is 0 Å². The Balaban J connectivity index is 1.51. The lowest BCUT2D eigenvalue weighted by atomic mass is 10.1. The first-order valence-electron chi connectivity index (χ1n) is 8.78.